The quantitative estimate of drug-likeness (QED) is 0.514. The highest BCUT2D eigenvalue weighted by Gasteiger charge is 2.14. The van der Waals surface area contributed by atoms with Gasteiger partial charge in [-0.2, -0.15) is 0 Å². The standard InChI is InChI=1S/C9H11O2P/c1-11-9(10)8(12)7-5-3-2-4-6-7/h2-6,8H,12H2,1H3. The van der Waals surface area contributed by atoms with Gasteiger partial charge in [-0.05, 0) is 5.56 Å². The summed E-state index contributed by atoms with van der Waals surface area (Å²) in [6.45, 7) is 0. The SMILES string of the molecule is COC(=O)C(P)c1ccccc1. The maximum Gasteiger partial charge on any atom is 0.316 e. The third kappa shape index (κ3) is 2.05. The lowest BCUT2D eigenvalue weighted by Crippen LogP contribution is -2.07. The molecule has 0 radical (unpaired) electrons. The van der Waals surface area contributed by atoms with E-state index in [1.165, 1.54) is 7.11 Å². The zero-order valence-electron chi connectivity index (χ0n) is 6.86. The van der Waals surface area contributed by atoms with Crippen molar-refractivity contribution in [2.24, 2.45) is 0 Å². The lowest BCUT2D eigenvalue weighted by atomic mass is 10.1. The molecule has 3 heteroatoms. The second-order valence-corrected chi connectivity index (χ2v) is 3.08. The van der Waals surface area contributed by atoms with Crippen LogP contribution in [0.4, 0.5) is 0 Å². The van der Waals surface area contributed by atoms with E-state index in [-0.39, 0.29) is 11.6 Å². The van der Waals surface area contributed by atoms with Crippen molar-refractivity contribution in [2.45, 2.75) is 5.66 Å². The molecular weight excluding hydrogens is 171 g/mol. The number of methoxy groups -OCH3 is 1. The summed E-state index contributed by atoms with van der Waals surface area (Å²) in [7, 11) is 3.85. The molecule has 0 saturated heterocycles. The second-order valence-electron chi connectivity index (χ2n) is 2.41. The number of rotatable bonds is 2. The van der Waals surface area contributed by atoms with Gasteiger partial charge in [-0.15, -0.1) is 9.24 Å². The Balaban J connectivity index is 2.78. The minimum absolute atomic E-state index is 0.230. The van der Waals surface area contributed by atoms with E-state index < -0.39 is 0 Å². The monoisotopic (exact) mass is 182 g/mol. The molecule has 2 nitrogen and oxygen atoms in total. The van der Waals surface area contributed by atoms with Crippen molar-refractivity contribution in [3.05, 3.63) is 35.9 Å². The molecule has 1 rings (SSSR count). The number of hydrogen-bond donors (Lipinski definition) is 0. The van der Waals surface area contributed by atoms with Gasteiger partial charge in [-0.1, -0.05) is 30.3 Å². The van der Waals surface area contributed by atoms with Gasteiger partial charge < -0.3 is 4.74 Å². The molecule has 0 heterocycles. The molecule has 1 aromatic rings. The van der Waals surface area contributed by atoms with Gasteiger partial charge in [0, 0.05) is 0 Å². The normalized spacial score (nSPS) is 12.2. The van der Waals surface area contributed by atoms with Crippen LogP contribution >= 0.6 is 9.24 Å². The lowest BCUT2D eigenvalue weighted by molar-refractivity contribution is -0.140. The van der Waals surface area contributed by atoms with Gasteiger partial charge >= 0.3 is 5.97 Å². The molecule has 0 fully saturated rings. The molecule has 0 bridgehead atoms. The van der Waals surface area contributed by atoms with Crippen molar-refractivity contribution in [1.82, 2.24) is 0 Å². The summed E-state index contributed by atoms with van der Waals surface area (Å²) in [5, 5.41) is 0. The Hall–Kier alpha value is -0.880. The van der Waals surface area contributed by atoms with Gasteiger partial charge in [0.1, 0.15) is 0 Å². The van der Waals surface area contributed by atoms with Crippen LogP contribution < -0.4 is 0 Å². The number of carbonyl (C=O) groups is 1. The molecule has 1 aromatic carbocycles. The van der Waals surface area contributed by atoms with Crippen LogP contribution in [-0.2, 0) is 9.53 Å². The fourth-order valence-electron chi connectivity index (χ4n) is 0.923. The Bertz CT molecular complexity index is 258. The summed E-state index contributed by atoms with van der Waals surface area (Å²) in [5.74, 6) is -0.230. The Labute approximate surface area is 74.1 Å². The zero-order chi connectivity index (χ0) is 8.97. The van der Waals surface area contributed by atoms with Crippen LogP contribution in [-0.4, -0.2) is 13.1 Å². The van der Waals surface area contributed by atoms with Crippen molar-refractivity contribution in [3.8, 4) is 0 Å². The van der Waals surface area contributed by atoms with E-state index in [0.29, 0.717) is 0 Å². The summed E-state index contributed by atoms with van der Waals surface area (Å²) in [6.07, 6.45) is 0. The lowest BCUT2D eigenvalue weighted by Gasteiger charge is -2.07. The topological polar surface area (TPSA) is 26.3 Å². The highest BCUT2D eigenvalue weighted by molar-refractivity contribution is 7.18. The van der Waals surface area contributed by atoms with E-state index in [0.717, 1.165) is 5.56 Å². The van der Waals surface area contributed by atoms with Crippen molar-refractivity contribution in [2.75, 3.05) is 7.11 Å². The third-order valence-electron chi connectivity index (χ3n) is 1.61. The minimum Gasteiger partial charge on any atom is -0.468 e. The largest absolute Gasteiger partial charge is 0.468 e. The molecule has 64 valence electrons. The number of benzene rings is 1. The number of ether oxygens (including phenoxy) is 1. The average molecular weight is 182 g/mol. The zero-order valence-corrected chi connectivity index (χ0v) is 8.01. The first-order valence-corrected chi connectivity index (χ1v) is 4.30. The van der Waals surface area contributed by atoms with E-state index >= 15 is 0 Å². The fourth-order valence-corrected chi connectivity index (χ4v) is 1.28. The van der Waals surface area contributed by atoms with E-state index in [1.807, 2.05) is 30.3 Å². The second kappa shape index (κ2) is 4.22. The van der Waals surface area contributed by atoms with Crippen LogP contribution in [0, 0.1) is 0 Å². The Kier molecular flexibility index (Phi) is 3.24. The Morgan fingerprint density at radius 1 is 1.42 bits per heavy atom. The van der Waals surface area contributed by atoms with Crippen molar-refractivity contribution in [3.63, 3.8) is 0 Å². The van der Waals surface area contributed by atoms with Gasteiger partial charge in [0.25, 0.3) is 0 Å². The first-order chi connectivity index (χ1) is 5.75. The van der Waals surface area contributed by atoms with Crippen molar-refractivity contribution in [1.29, 1.82) is 0 Å². The molecule has 0 saturated carbocycles. The maximum atomic E-state index is 11.1. The Morgan fingerprint density at radius 2 is 2.00 bits per heavy atom. The van der Waals surface area contributed by atoms with Gasteiger partial charge in [0.2, 0.25) is 0 Å². The average Bonchev–Trinajstić information content (AvgIpc) is 2.17. The van der Waals surface area contributed by atoms with E-state index in [9.17, 15) is 4.79 Å². The van der Waals surface area contributed by atoms with E-state index in [1.54, 1.807) is 0 Å². The maximum absolute atomic E-state index is 11.1. The van der Waals surface area contributed by atoms with Gasteiger partial charge in [-0.25, -0.2) is 0 Å². The minimum atomic E-state index is -0.254. The molecule has 0 aliphatic rings. The van der Waals surface area contributed by atoms with Crippen LogP contribution in [0.1, 0.15) is 11.2 Å². The summed E-state index contributed by atoms with van der Waals surface area (Å²) in [5.41, 5.74) is 0.700. The Morgan fingerprint density at radius 3 is 2.50 bits per heavy atom. The van der Waals surface area contributed by atoms with E-state index in [4.69, 9.17) is 0 Å². The van der Waals surface area contributed by atoms with Crippen molar-refractivity contribution < 1.29 is 9.53 Å². The summed E-state index contributed by atoms with van der Waals surface area (Å²) in [4.78, 5) is 11.1. The molecule has 2 atom stereocenters. The fraction of sp³-hybridized carbons (Fsp3) is 0.222. The van der Waals surface area contributed by atoms with Gasteiger partial charge in [-0.3, -0.25) is 4.79 Å². The molecule has 2 unspecified atom stereocenters. The number of carbonyl (C=O) groups excluding carboxylic acids is 1. The highest BCUT2D eigenvalue weighted by Crippen LogP contribution is 2.23. The first-order valence-electron chi connectivity index (χ1n) is 3.64. The molecule has 0 aromatic heterocycles. The third-order valence-corrected chi connectivity index (χ3v) is 2.27. The van der Waals surface area contributed by atoms with Crippen LogP contribution in [0.3, 0.4) is 0 Å². The molecule has 0 aliphatic heterocycles. The summed E-state index contributed by atoms with van der Waals surface area (Å²) < 4.78 is 4.61. The van der Waals surface area contributed by atoms with Gasteiger partial charge in [0.15, 0.2) is 0 Å². The predicted octanol–water partition coefficient (Wildman–Crippen LogP) is 1.78. The van der Waals surface area contributed by atoms with Crippen LogP contribution in [0.25, 0.3) is 0 Å². The molecule has 0 spiro atoms. The van der Waals surface area contributed by atoms with Crippen LogP contribution in [0.5, 0.6) is 0 Å². The highest BCUT2D eigenvalue weighted by atomic mass is 31.0. The smallest absolute Gasteiger partial charge is 0.316 e. The van der Waals surface area contributed by atoms with Gasteiger partial charge in [0.05, 0.1) is 12.8 Å². The van der Waals surface area contributed by atoms with Crippen LogP contribution in [0.15, 0.2) is 30.3 Å². The van der Waals surface area contributed by atoms with Crippen LogP contribution in [0.2, 0.25) is 0 Å². The number of esters is 1. The first kappa shape index (κ1) is 9.21. The molecule has 12 heavy (non-hydrogen) atoms. The van der Waals surface area contributed by atoms with E-state index in [2.05, 4.69) is 14.0 Å². The number of hydrogen-bond acceptors (Lipinski definition) is 2. The predicted molar refractivity (Wildman–Crippen MR) is 50.9 cm³/mol. The summed E-state index contributed by atoms with van der Waals surface area (Å²) in [6, 6.07) is 9.51. The molecular formula is C9H11O2P. The summed E-state index contributed by atoms with van der Waals surface area (Å²) >= 11 is 0. The molecule has 0 aliphatic carbocycles. The molecule has 0 amide bonds. The van der Waals surface area contributed by atoms with Crippen molar-refractivity contribution >= 4 is 15.2 Å². The molecule has 0 N–H and O–H groups in total.